The van der Waals surface area contributed by atoms with Crippen molar-refractivity contribution in [3.8, 4) is 0 Å². The Kier molecular flexibility index (Phi) is 4.28. The van der Waals surface area contributed by atoms with Crippen molar-refractivity contribution in [2.24, 2.45) is 0 Å². The van der Waals surface area contributed by atoms with Gasteiger partial charge in [-0.05, 0) is 38.0 Å². The second-order valence-corrected chi connectivity index (χ2v) is 6.76. The van der Waals surface area contributed by atoms with Crippen molar-refractivity contribution in [2.45, 2.75) is 32.2 Å². The van der Waals surface area contributed by atoms with Crippen molar-refractivity contribution in [1.82, 2.24) is 24.6 Å². The minimum absolute atomic E-state index is 0.0260. The Morgan fingerprint density at radius 1 is 1.31 bits per heavy atom. The maximum atomic E-state index is 12.8. The second-order valence-electron chi connectivity index (χ2n) is 6.76. The normalized spacial score (nSPS) is 17.6. The topological polar surface area (TPSA) is 83.9 Å². The molecule has 4 rings (SSSR count). The van der Waals surface area contributed by atoms with Crippen LogP contribution in [0.5, 0.6) is 0 Å². The van der Waals surface area contributed by atoms with E-state index < -0.39 is 0 Å². The summed E-state index contributed by atoms with van der Waals surface area (Å²) >= 11 is 0. The van der Waals surface area contributed by atoms with E-state index >= 15 is 0 Å². The predicted molar refractivity (Wildman–Crippen MR) is 97.9 cm³/mol. The first-order chi connectivity index (χ1) is 12.6. The zero-order chi connectivity index (χ0) is 18.1. The lowest BCUT2D eigenvalue weighted by atomic mass is 9.95. The van der Waals surface area contributed by atoms with Gasteiger partial charge in [0.25, 0.3) is 5.56 Å². The van der Waals surface area contributed by atoms with Gasteiger partial charge in [-0.2, -0.15) is 5.10 Å². The van der Waals surface area contributed by atoms with E-state index in [1.54, 1.807) is 19.2 Å². The first-order valence-electron chi connectivity index (χ1n) is 8.86. The van der Waals surface area contributed by atoms with Crippen molar-refractivity contribution < 1.29 is 4.79 Å². The molecule has 1 saturated heterocycles. The summed E-state index contributed by atoms with van der Waals surface area (Å²) in [6.07, 6.45) is 3.71. The summed E-state index contributed by atoms with van der Waals surface area (Å²) in [6, 6.07) is 9.19. The number of fused-ring (bicyclic) bond motifs is 1. The fraction of sp³-hybridized carbons (Fsp3) is 0.368. The second kappa shape index (κ2) is 6.74. The lowest BCUT2D eigenvalue weighted by Gasteiger charge is -2.32. The molecule has 7 heteroatoms. The number of nitrogens with zero attached hydrogens (tertiary/aromatic N) is 4. The number of hydrogen-bond acceptors (Lipinski definition) is 4. The van der Waals surface area contributed by atoms with Crippen LogP contribution < -0.4 is 5.56 Å². The smallest absolute Gasteiger partial charge is 0.261 e. The predicted octanol–water partition coefficient (Wildman–Crippen LogP) is 1.83. The Morgan fingerprint density at radius 3 is 2.96 bits per heavy atom. The molecule has 3 heterocycles. The summed E-state index contributed by atoms with van der Waals surface area (Å²) in [6.45, 7) is 3.16. The van der Waals surface area contributed by atoms with E-state index in [9.17, 15) is 9.59 Å². The lowest BCUT2D eigenvalue weighted by molar-refractivity contribution is -0.133. The highest BCUT2D eigenvalue weighted by molar-refractivity contribution is 5.79. The third-order valence-corrected chi connectivity index (χ3v) is 5.08. The molecule has 7 nitrogen and oxygen atoms in total. The molecule has 0 unspecified atom stereocenters. The number of nitrogens with one attached hydrogen (secondary N) is 1. The molecule has 1 amide bonds. The van der Waals surface area contributed by atoms with Gasteiger partial charge in [0.2, 0.25) is 5.91 Å². The van der Waals surface area contributed by atoms with Gasteiger partial charge in [0.15, 0.2) is 0 Å². The van der Waals surface area contributed by atoms with Crippen LogP contribution in [0.25, 0.3) is 10.9 Å². The molecule has 1 N–H and O–H groups in total. The zero-order valence-corrected chi connectivity index (χ0v) is 14.7. The highest BCUT2D eigenvalue weighted by atomic mass is 16.2. The van der Waals surface area contributed by atoms with Gasteiger partial charge in [0.05, 0.1) is 10.9 Å². The van der Waals surface area contributed by atoms with Gasteiger partial charge < -0.3 is 4.90 Å². The molecule has 1 atom stereocenters. The van der Waals surface area contributed by atoms with Crippen LogP contribution in [0.15, 0.2) is 41.3 Å². The van der Waals surface area contributed by atoms with E-state index in [0.29, 0.717) is 23.3 Å². The van der Waals surface area contributed by atoms with Crippen molar-refractivity contribution >= 4 is 16.8 Å². The molecule has 1 aliphatic heterocycles. The van der Waals surface area contributed by atoms with Gasteiger partial charge in [0.1, 0.15) is 12.4 Å². The first-order valence-corrected chi connectivity index (χ1v) is 8.86. The summed E-state index contributed by atoms with van der Waals surface area (Å²) in [5.41, 5.74) is 1.56. The molecule has 1 fully saturated rings. The number of aromatic nitrogens is 4. The number of likely N-dealkylation sites (tertiary alicyclic amines) is 1. The Morgan fingerprint density at radius 2 is 2.15 bits per heavy atom. The molecule has 0 bridgehead atoms. The molecular weight excluding hydrogens is 330 g/mol. The van der Waals surface area contributed by atoms with E-state index in [2.05, 4.69) is 15.2 Å². The SMILES string of the molecule is Cc1nc2ccccc2c(=O)n1CC(=O)N1CCC[C@H](c2ccn[nH]2)C1. The van der Waals surface area contributed by atoms with Crippen LogP contribution in [-0.4, -0.2) is 43.6 Å². The van der Waals surface area contributed by atoms with Crippen molar-refractivity contribution in [1.29, 1.82) is 0 Å². The molecule has 134 valence electrons. The Bertz CT molecular complexity index is 993. The van der Waals surface area contributed by atoms with E-state index in [1.807, 2.05) is 29.2 Å². The number of para-hydroxylation sites is 1. The number of H-pyrrole nitrogens is 1. The minimum Gasteiger partial charge on any atom is -0.340 e. The van der Waals surface area contributed by atoms with E-state index in [4.69, 9.17) is 0 Å². The quantitative estimate of drug-likeness (QED) is 0.780. The van der Waals surface area contributed by atoms with Crippen LogP contribution in [0.2, 0.25) is 0 Å². The highest BCUT2D eigenvalue weighted by Gasteiger charge is 2.26. The van der Waals surface area contributed by atoms with Crippen LogP contribution in [0, 0.1) is 6.92 Å². The molecule has 26 heavy (non-hydrogen) atoms. The largest absolute Gasteiger partial charge is 0.340 e. The summed E-state index contributed by atoms with van der Waals surface area (Å²) in [4.78, 5) is 31.9. The van der Waals surface area contributed by atoms with Crippen LogP contribution in [0.3, 0.4) is 0 Å². The monoisotopic (exact) mass is 351 g/mol. The fourth-order valence-corrected chi connectivity index (χ4v) is 3.65. The average molecular weight is 351 g/mol. The lowest BCUT2D eigenvalue weighted by Crippen LogP contribution is -2.42. The molecule has 0 radical (unpaired) electrons. The fourth-order valence-electron chi connectivity index (χ4n) is 3.65. The van der Waals surface area contributed by atoms with Crippen LogP contribution >= 0.6 is 0 Å². The maximum Gasteiger partial charge on any atom is 0.261 e. The average Bonchev–Trinajstić information content (AvgIpc) is 3.20. The number of piperidine rings is 1. The molecule has 3 aromatic rings. The van der Waals surface area contributed by atoms with E-state index in [1.165, 1.54) is 4.57 Å². The van der Waals surface area contributed by atoms with E-state index in [-0.39, 0.29) is 23.9 Å². The number of hydrogen-bond donors (Lipinski definition) is 1. The summed E-state index contributed by atoms with van der Waals surface area (Å²) in [5, 5.41) is 7.55. The Balaban J connectivity index is 1.56. The third-order valence-electron chi connectivity index (χ3n) is 5.08. The molecule has 0 spiro atoms. The number of aromatic amines is 1. The molecule has 2 aromatic heterocycles. The minimum atomic E-state index is -0.163. The van der Waals surface area contributed by atoms with Gasteiger partial charge in [-0.3, -0.25) is 19.3 Å². The molecule has 1 aromatic carbocycles. The third kappa shape index (κ3) is 3.00. The summed E-state index contributed by atoms with van der Waals surface area (Å²) in [5.74, 6) is 0.781. The van der Waals surface area contributed by atoms with Gasteiger partial charge >= 0.3 is 0 Å². The first kappa shape index (κ1) is 16.5. The van der Waals surface area contributed by atoms with Gasteiger partial charge in [0, 0.05) is 30.9 Å². The number of aryl methyl sites for hydroxylation is 1. The zero-order valence-electron chi connectivity index (χ0n) is 14.7. The molecule has 0 aliphatic carbocycles. The Hall–Kier alpha value is -2.96. The van der Waals surface area contributed by atoms with Crippen LogP contribution in [0.1, 0.15) is 30.3 Å². The molecule has 1 aliphatic rings. The van der Waals surface area contributed by atoms with Crippen LogP contribution in [-0.2, 0) is 11.3 Å². The molecular formula is C19H21N5O2. The number of rotatable bonds is 3. The van der Waals surface area contributed by atoms with Crippen molar-refractivity contribution in [3.63, 3.8) is 0 Å². The number of amides is 1. The summed E-state index contributed by atoms with van der Waals surface area (Å²) < 4.78 is 1.48. The number of carbonyl (C=O) groups excluding carboxylic acids is 1. The van der Waals surface area contributed by atoms with Crippen molar-refractivity contribution in [2.75, 3.05) is 13.1 Å². The molecule has 0 saturated carbocycles. The van der Waals surface area contributed by atoms with E-state index in [0.717, 1.165) is 25.1 Å². The number of carbonyl (C=O) groups is 1. The Labute approximate surface area is 150 Å². The van der Waals surface area contributed by atoms with Gasteiger partial charge in [-0.25, -0.2) is 4.98 Å². The highest BCUT2D eigenvalue weighted by Crippen LogP contribution is 2.25. The standard InChI is InChI=1S/C19H21N5O2/c1-13-21-17-7-3-2-6-15(17)19(26)24(13)12-18(25)23-10-4-5-14(11-23)16-8-9-20-22-16/h2-3,6-9,14H,4-5,10-12H2,1H3,(H,20,22)/t14-/m0/s1. The number of benzene rings is 1. The van der Waals surface area contributed by atoms with Gasteiger partial charge in [-0.1, -0.05) is 12.1 Å². The van der Waals surface area contributed by atoms with Crippen molar-refractivity contribution in [3.05, 3.63) is 58.4 Å². The van der Waals surface area contributed by atoms with Crippen LogP contribution in [0.4, 0.5) is 0 Å². The maximum absolute atomic E-state index is 12.8. The summed E-state index contributed by atoms with van der Waals surface area (Å²) in [7, 11) is 0. The van der Waals surface area contributed by atoms with Gasteiger partial charge in [-0.15, -0.1) is 0 Å².